The van der Waals surface area contributed by atoms with E-state index in [2.05, 4.69) is 9.97 Å². The molecule has 0 unspecified atom stereocenters. The van der Waals surface area contributed by atoms with Crippen molar-refractivity contribution in [3.63, 3.8) is 0 Å². The zero-order valence-corrected chi connectivity index (χ0v) is 8.09. The number of hydrogen-bond donors (Lipinski definition) is 2. The normalized spacial score (nSPS) is 10.2. The average molecular weight is 201 g/mol. The Morgan fingerprint density at radius 1 is 1.00 bits per heavy atom. The summed E-state index contributed by atoms with van der Waals surface area (Å²) in [6.07, 6.45) is 0. The van der Waals surface area contributed by atoms with E-state index in [1.54, 1.807) is 12.1 Å². The first-order chi connectivity index (χ1) is 7.29. The number of aromatic nitrogens is 2. The molecule has 0 saturated carbocycles. The number of nitrogen functional groups attached to an aromatic ring is 1. The summed E-state index contributed by atoms with van der Waals surface area (Å²) in [5.74, 6) is 0.462. The Hall–Kier alpha value is -1.94. The molecular formula is C11H11N3O. The molecule has 0 amide bonds. The van der Waals surface area contributed by atoms with Gasteiger partial charge in [-0.3, -0.25) is 0 Å². The molecule has 0 fully saturated rings. The molecule has 4 nitrogen and oxygen atoms in total. The van der Waals surface area contributed by atoms with Gasteiger partial charge in [0, 0.05) is 0 Å². The molecule has 2 rings (SSSR count). The van der Waals surface area contributed by atoms with Gasteiger partial charge < -0.3 is 10.8 Å². The number of aliphatic hydroxyl groups excluding tert-OH is 1. The molecule has 15 heavy (non-hydrogen) atoms. The second-order valence-corrected chi connectivity index (χ2v) is 3.12. The first kappa shape index (κ1) is 9.61. The molecule has 3 N–H and O–H groups in total. The summed E-state index contributed by atoms with van der Waals surface area (Å²) < 4.78 is 0. The molecule has 0 aliphatic rings. The summed E-state index contributed by atoms with van der Waals surface area (Å²) in [5.41, 5.74) is 7.63. The molecule has 2 aromatic heterocycles. The highest BCUT2D eigenvalue weighted by molar-refractivity contribution is 5.56. The van der Waals surface area contributed by atoms with Crippen molar-refractivity contribution in [1.29, 1.82) is 0 Å². The number of nitrogens with two attached hydrogens (primary N) is 1. The van der Waals surface area contributed by atoms with Gasteiger partial charge in [-0.05, 0) is 24.3 Å². The minimum atomic E-state index is -0.0733. The summed E-state index contributed by atoms with van der Waals surface area (Å²) in [4.78, 5) is 8.39. The molecule has 0 atom stereocenters. The second kappa shape index (κ2) is 4.06. The number of hydrogen-bond acceptors (Lipinski definition) is 4. The lowest BCUT2D eigenvalue weighted by molar-refractivity contribution is 0.277. The first-order valence-electron chi connectivity index (χ1n) is 4.59. The minimum Gasteiger partial charge on any atom is -0.390 e. The average Bonchev–Trinajstić information content (AvgIpc) is 2.29. The highest BCUT2D eigenvalue weighted by atomic mass is 16.3. The van der Waals surface area contributed by atoms with E-state index in [0.717, 1.165) is 0 Å². The van der Waals surface area contributed by atoms with Gasteiger partial charge in [0.1, 0.15) is 5.82 Å². The van der Waals surface area contributed by atoms with Gasteiger partial charge >= 0.3 is 0 Å². The molecule has 2 aromatic rings. The SMILES string of the molecule is Nc1cccc(-c2cccc(CO)n2)n1. The molecule has 76 valence electrons. The van der Waals surface area contributed by atoms with Crippen molar-refractivity contribution in [2.45, 2.75) is 6.61 Å². The van der Waals surface area contributed by atoms with Crippen molar-refractivity contribution in [3.8, 4) is 11.4 Å². The van der Waals surface area contributed by atoms with Gasteiger partial charge in [0.05, 0.1) is 23.7 Å². The monoisotopic (exact) mass is 201 g/mol. The fraction of sp³-hybridized carbons (Fsp3) is 0.0909. The van der Waals surface area contributed by atoms with Gasteiger partial charge in [0.2, 0.25) is 0 Å². The van der Waals surface area contributed by atoms with Crippen molar-refractivity contribution < 1.29 is 5.11 Å². The highest BCUT2D eigenvalue weighted by Crippen LogP contribution is 2.15. The van der Waals surface area contributed by atoms with E-state index in [1.165, 1.54) is 0 Å². The van der Waals surface area contributed by atoms with E-state index in [1.807, 2.05) is 24.3 Å². The van der Waals surface area contributed by atoms with Crippen LogP contribution in [0.15, 0.2) is 36.4 Å². The minimum absolute atomic E-state index is 0.0733. The fourth-order valence-electron chi connectivity index (χ4n) is 1.30. The predicted octanol–water partition coefficient (Wildman–Crippen LogP) is 1.22. The Labute approximate surface area is 87.4 Å². The molecule has 4 heteroatoms. The molecule has 2 heterocycles. The van der Waals surface area contributed by atoms with Gasteiger partial charge in [-0.1, -0.05) is 12.1 Å². The molecule has 0 saturated heterocycles. The largest absolute Gasteiger partial charge is 0.390 e. The van der Waals surface area contributed by atoms with Gasteiger partial charge in [-0.15, -0.1) is 0 Å². The van der Waals surface area contributed by atoms with Crippen LogP contribution >= 0.6 is 0 Å². The lowest BCUT2D eigenvalue weighted by Gasteiger charge is -2.02. The molecule has 0 radical (unpaired) electrons. The van der Waals surface area contributed by atoms with Crippen LogP contribution in [0.5, 0.6) is 0 Å². The maximum absolute atomic E-state index is 8.96. The summed E-state index contributed by atoms with van der Waals surface area (Å²) in [6.45, 7) is -0.0733. The number of nitrogens with zero attached hydrogens (tertiary/aromatic N) is 2. The van der Waals surface area contributed by atoms with Gasteiger partial charge in [0.15, 0.2) is 0 Å². The number of pyridine rings is 2. The van der Waals surface area contributed by atoms with Gasteiger partial charge in [0.25, 0.3) is 0 Å². The molecule has 0 aliphatic carbocycles. The van der Waals surface area contributed by atoms with Crippen molar-refractivity contribution in [2.24, 2.45) is 0 Å². The smallest absolute Gasteiger partial charge is 0.124 e. The van der Waals surface area contributed by atoms with Crippen molar-refractivity contribution in [3.05, 3.63) is 42.1 Å². The van der Waals surface area contributed by atoms with Crippen LogP contribution in [0.3, 0.4) is 0 Å². The van der Waals surface area contributed by atoms with Gasteiger partial charge in [-0.25, -0.2) is 9.97 Å². The zero-order chi connectivity index (χ0) is 10.7. The third-order valence-electron chi connectivity index (χ3n) is 2.00. The number of aliphatic hydroxyl groups is 1. The van der Waals surface area contributed by atoms with Crippen LogP contribution < -0.4 is 5.73 Å². The van der Waals surface area contributed by atoms with Crippen molar-refractivity contribution in [2.75, 3.05) is 5.73 Å². The van der Waals surface area contributed by atoms with Gasteiger partial charge in [-0.2, -0.15) is 0 Å². The van der Waals surface area contributed by atoms with Crippen LogP contribution in [0.25, 0.3) is 11.4 Å². The molecular weight excluding hydrogens is 190 g/mol. The van der Waals surface area contributed by atoms with Crippen LogP contribution in [0.2, 0.25) is 0 Å². The quantitative estimate of drug-likeness (QED) is 0.766. The molecule has 0 spiro atoms. The third kappa shape index (κ3) is 2.11. The highest BCUT2D eigenvalue weighted by Gasteiger charge is 2.01. The van der Waals surface area contributed by atoms with Crippen LogP contribution in [-0.2, 0) is 6.61 Å². The van der Waals surface area contributed by atoms with E-state index >= 15 is 0 Å². The number of rotatable bonds is 2. The van der Waals surface area contributed by atoms with Crippen molar-refractivity contribution >= 4 is 5.82 Å². The third-order valence-corrected chi connectivity index (χ3v) is 2.00. The Morgan fingerprint density at radius 3 is 2.33 bits per heavy atom. The Balaban J connectivity index is 2.44. The molecule has 0 aromatic carbocycles. The summed E-state index contributed by atoms with van der Waals surface area (Å²) in [7, 11) is 0. The standard InChI is InChI=1S/C11H11N3O/c12-11-6-2-5-10(14-11)9-4-1-3-8(7-15)13-9/h1-6,15H,7H2,(H2,12,14). The molecule has 0 bridgehead atoms. The predicted molar refractivity (Wildman–Crippen MR) is 57.8 cm³/mol. The fourth-order valence-corrected chi connectivity index (χ4v) is 1.30. The van der Waals surface area contributed by atoms with Crippen LogP contribution in [0, 0.1) is 0 Å². The maximum atomic E-state index is 8.96. The Kier molecular flexibility index (Phi) is 2.60. The van der Waals surface area contributed by atoms with Crippen LogP contribution in [0.1, 0.15) is 5.69 Å². The van der Waals surface area contributed by atoms with Crippen LogP contribution in [-0.4, -0.2) is 15.1 Å². The maximum Gasteiger partial charge on any atom is 0.124 e. The Morgan fingerprint density at radius 2 is 1.67 bits per heavy atom. The van der Waals surface area contributed by atoms with E-state index in [-0.39, 0.29) is 6.61 Å². The second-order valence-electron chi connectivity index (χ2n) is 3.12. The summed E-state index contributed by atoms with van der Waals surface area (Å²) >= 11 is 0. The number of anilines is 1. The first-order valence-corrected chi connectivity index (χ1v) is 4.59. The van der Waals surface area contributed by atoms with E-state index in [4.69, 9.17) is 10.8 Å². The topological polar surface area (TPSA) is 72.0 Å². The summed E-state index contributed by atoms with van der Waals surface area (Å²) in [5, 5.41) is 8.96. The van der Waals surface area contributed by atoms with E-state index in [0.29, 0.717) is 22.9 Å². The van der Waals surface area contributed by atoms with E-state index in [9.17, 15) is 0 Å². The lowest BCUT2D eigenvalue weighted by Crippen LogP contribution is -1.95. The summed E-state index contributed by atoms with van der Waals surface area (Å²) in [6, 6.07) is 10.8. The molecule has 0 aliphatic heterocycles. The van der Waals surface area contributed by atoms with Crippen molar-refractivity contribution in [1.82, 2.24) is 9.97 Å². The van der Waals surface area contributed by atoms with Crippen LogP contribution in [0.4, 0.5) is 5.82 Å². The zero-order valence-electron chi connectivity index (χ0n) is 8.09. The van der Waals surface area contributed by atoms with E-state index < -0.39 is 0 Å². The Bertz CT molecular complexity index is 471. The lowest BCUT2D eigenvalue weighted by atomic mass is 10.2.